The van der Waals surface area contributed by atoms with Gasteiger partial charge in [-0.3, -0.25) is 0 Å². The third-order valence-electron chi connectivity index (χ3n) is 2.17. The van der Waals surface area contributed by atoms with Gasteiger partial charge in [0.15, 0.2) is 0 Å². The van der Waals surface area contributed by atoms with Crippen molar-refractivity contribution in [1.29, 1.82) is 0 Å². The lowest BCUT2D eigenvalue weighted by atomic mass is 10.4. The van der Waals surface area contributed by atoms with Crippen LogP contribution in [0.3, 0.4) is 0 Å². The highest BCUT2D eigenvalue weighted by molar-refractivity contribution is 5.74. The Morgan fingerprint density at radius 2 is 2.21 bits per heavy atom. The van der Waals surface area contributed by atoms with E-state index < -0.39 is 0 Å². The first-order chi connectivity index (χ1) is 6.84. The molecule has 1 aliphatic heterocycles. The maximum atomic E-state index is 11.4. The molecule has 0 aliphatic carbocycles. The average molecular weight is 197 g/mol. The van der Waals surface area contributed by atoms with Gasteiger partial charge in [-0.1, -0.05) is 5.11 Å². The summed E-state index contributed by atoms with van der Waals surface area (Å²) in [5, 5.41) is 6.17. The van der Waals surface area contributed by atoms with Crippen LogP contribution in [0.5, 0.6) is 0 Å². The zero-order chi connectivity index (χ0) is 10.2. The molecule has 2 amide bonds. The number of nitrogens with one attached hydrogen (secondary N) is 1. The molecule has 6 heteroatoms. The van der Waals surface area contributed by atoms with Crippen LogP contribution in [0, 0.1) is 0 Å². The Kier molecular flexibility index (Phi) is 4.64. The number of hydrogen-bond acceptors (Lipinski definition) is 2. The molecule has 0 atom stereocenters. The topological polar surface area (TPSA) is 81.1 Å². The Morgan fingerprint density at radius 1 is 1.50 bits per heavy atom. The minimum absolute atomic E-state index is 0.00318. The van der Waals surface area contributed by atoms with E-state index in [4.69, 9.17) is 5.53 Å². The van der Waals surface area contributed by atoms with Crippen LogP contribution >= 0.6 is 0 Å². The number of nitrogens with zero attached hydrogens (tertiary/aromatic N) is 4. The van der Waals surface area contributed by atoms with Gasteiger partial charge in [0.1, 0.15) is 0 Å². The SMILES string of the molecule is [N-]=[N+]=NCCCNC(=O)N1CCCC1. The summed E-state index contributed by atoms with van der Waals surface area (Å²) < 4.78 is 0. The molecule has 0 aromatic carbocycles. The zero-order valence-electron chi connectivity index (χ0n) is 8.15. The number of likely N-dealkylation sites (tertiary alicyclic amines) is 1. The maximum Gasteiger partial charge on any atom is 0.317 e. The number of urea groups is 1. The van der Waals surface area contributed by atoms with Crippen LogP contribution in [0.2, 0.25) is 0 Å². The Bertz CT molecular complexity index is 230. The molecule has 1 rings (SSSR count). The van der Waals surface area contributed by atoms with Crippen LogP contribution < -0.4 is 5.32 Å². The van der Waals surface area contributed by atoms with Crippen molar-refractivity contribution in [3.8, 4) is 0 Å². The standard InChI is InChI=1S/C8H15N5O/c9-12-11-5-3-4-10-8(14)13-6-1-2-7-13/h1-7H2,(H,10,14). The van der Waals surface area contributed by atoms with Crippen molar-refractivity contribution in [3.63, 3.8) is 0 Å². The fraction of sp³-hybridized carbons (Fsp3) is 0.875. The van der Waals surface area contributed by atoms with Crippen molar-refractivity contribution in [1.82, 2.24) is 10.2 Å². The van der Waals surface area contributed by atoms with Gasteiger partial charge in [-0.05, 0) is 24.8 Å². The predicted octanol–water partition coefficient (Wildman–Crippen LogP) is 1.49. The molecule has 1 saturated heterocycles. The molecule has 1 heterocycles. The Labute approximate surface area is 82.9 Å². The predicted molar refractivity (Wildman–Crippen MR) is 52.8 cm³/mol. The molecule has 0 aromatic rings. The summed E-state index contributed by atoms with van der Waals surface area (Å²) in [6, 6.07) is 0.00318. The summed E-state index contributed by atoms with van der Waals surface area (Å²) in [5.74, 6) is 0. The fourth-order valence-corrected chi connectivity index (χ4v) is 1.42. The number of rotatable bonds is 4. The van der Waals surface area contributed by atoms with Crippen molar-refractivity contribution in [2.45, 2.75) is 19.3 Å². The van der Waals surface area contributed by atoms with E-state index in [2.05, 4.69) is 15.3 Å². The van der Waals surface area contributed by atoms with Gasteiger partial charge in [-0.25, -0.2) is 4.79 Å². The second kappa shape index (κ2) is 6.10. The van der Waals surface area contributed by atoms with Gasteiger partial charge in [0, 0.05) is 31.1 Å². The molecule has 0 aromatic heterocycles. The molecule has 1 N–H and O–H groups in total. The first kappa shape index (κ1) is 10.7. The highest BCUT2D eigenvalue weighted by atomic mass is 16.2. The molecule has 0 saturated carbocycles. The van der Waals surface area contributed by atoms with Crippen LogP contribution in [0.15, 0.2) is 5.11 Å². The number of azide groups is 1. The van der Waals surface area contributed by atoms with Crippen molar-refractivity contribution in [2.75, 3.05) is 26.2 Å². The van der Waals surface area contributed by atoms with E-state index >= 15 is 0 Å². The molecule has 1 fully saturated rings. The summed E-state index contributed by atoms with van der Waals surface area (Å²) in [5.41, 5.74) is 8.01. The number of carbonyl (C=O) groups excluding carboxylic acids is 1. The second-order valence-electron chi connectivity index (χ2n) is 3.23. The van der Waals surface area contributed by atoms with E-state index in [9.17, 15) is 4.79 Å². The average Bonchev–Trinajstić information content (AvgIpc) is 2.70. The van der Waals surface area contributed by atoms with Crippen molar-refractivity contribution < 1.29 is 4.79 Å². The highest BCUT2D eigenvalue weighted by Gasteiger charge is 2.16. The van der Waals surface area contributed by atoms with Crippen LogP contribution in [0.25, 0.3) is 10.4 Å². The summed E-state index contributed by atoms with van der Waals surface area (Å²) in [6.07, 6.45) is 2.90. The molecule has 1 aliphatic rings. The number of hydrogen-bond donors (Lipinski definition) is 1. The molecule has 14 heavy (non-hydrogen) atoms. The van der Waals surface area contributed by atoms with Gasteiger partial charge in [-0.2, -0.15) is 0 Å². The van der Waals surface area contributed by atoms with Gasteiger partial charge >= 0.3 is 6.03 Å². The molecule has 78 valence electrons. The van der Waals surface area contributed by atoms with Gasteiger partial charge in [0.05, 0.1) is 0 Å². The van der Waals surface area contributed by atoms with Crippen molar-refractivity contribution in [3.05, 3.63) is 10.4 Å². The smallest absolute Gasteiger partial charge is 0.317 e. The van der Waals surface area contributed by atoms with Gasteiger partial charge in [0.25, 0.3) is 0 Å². The van der Waals surface area contributed by atoms with Crippen LogP contribution in [-0.2, 0) is 0 Å². The first-order valence-electron chi connectivity index (χ1n) is 4.88. The number of amides is 2. The van der Waals surface area contributed by atoms with E-state index in [0.29, 0.717) is 19.5 Å². The highest BCUT2D eigenvalue weighted by Crippen LogP contribution is 2.06. The third-order valence-corrected chi connectivity index (χ3v) is 2.17. The number of carbonyl (C=O) groups is 1. The second-order valence-corrected chi connectivity index (χ2v) is 3.23. The van der Waals surface area contributed by atoms with Gasteiger partial charge in [0.2, 0.25) is 0 Å². The first-order valence-corrected chi connectivity index (χ1v) is 4.88. The molecular weight excluding hydrogens is 182 g/mol. The van der Waals surface area contributed by atoms with E-state index in [1.807, 2.05) is 4.90 Å². The van der Waals surface area contributed by atoms with E-state index in [1.165, 1.54) is 0 Å². The quantitative estimate of drug-likeness (QED) is 0.315. The third kappa shape index (κ3) is 3.53. The summed E-state index contributed by atoms with van der Waals surface area (Å²) >= 11 is 0. The lowest BCUT2D eigenvalue weighted by Crippen LogP contribution is -2.38. The molecule has 0 unspecified atom stereocenters. The van der Waals surface area contributed by atoms with Crippen molar-refractivity contribution in [2.24, 2.45) is 5.11 Å². The largest absolute Gasteiger partial charge is 0.338 e. The van der Waals surface area contributed by atoms with Crippen molar-refractivity contribution >= 4 is 6.03 Å². The molecule has 6 nitrogen and oxygen atoms in total. The van der Waals surface area contributed by atoms with Gasteiger partial charge in [-0.15, -0.1) is 0 Å². The lowest BCUT2D eigenvalue weighted by molar-refractivity contribution is 0.209. The summed E-state index contributed by atoms with van der Waals surface area (Å²) in [4.78, 5) is 15.8. The van der Waals surface area contributed by atoms with Crippen LogP contribution in [0.1, 0.15) is 19.3 Å². The minimum atomic E-state index is 0.00318. The Hall–Kier alpha value is -1.42. The monoisotopic (exact) mass is 197 g/mol. The van der Waals surface area contributed by atoms with Crippen LogP contribution in [0.4, 0.5) is 4.79 Å². The van der Waals surface area contributed by atoms with Crippen LogP contribution in [-0.4, -0.2) is 37.1 Å². The fourth-order valence-electron chi connectivity index (χ4n) is 1.42. The minimum Gasteiger partial charge on any atom is -0.338 e. The molecule has 0 bridgehead atoms. The summed E-state index contributed by atoms with van der Waals surface area (Å²) in [7, 11) is 0. The normalized spacial score (nSPS) is 15.0. The van der Waals surface area contributed by atoms with E-state index in [1.54, 1.807) is 0 Å². The summed E-state index contributed by atoms with van der Waals surface area (Å²) in [6.45, 7) is 2.75. The molecule has 0 radical (unpaired) electrons. The van der Waals surface area contributed by atoms with E-state index in [0.717, 1.165) is 25.9 Å². The molecular formula is C8H15N5O. The maximum absolute atomic E-state index is 11.4. The zero-order valence-corrected chi connectivity index (χ0v) is 8.15. The van der Waals surface area contributed by atoms with Gasteiger partial charge < -0.3 is 10.2 Å². The lowest BCUT2D eigenvalue weighted by Gasteiger charge is -2.15. The molecule has 0 spiro atoms. The Morgan fingerprint density at radius 3 is 2.86 bits per heavy atom. The van der Waals surface area contributed by atoms with E-state index in [-0.39, 0.29) is 6.03 Å². The Balaban J connectivity index is 2.05.